The first-order valence-corrected chi connectivity index (χ1v) is 6.26. The third-order valence-electron chi connectivity index (χ3n) is 3.08. The Labute approximate surface area is 116 Å². The van der Waals surface area contributed by atoms with E-state index < -0.39 is 11.6 Å². The fourth-order valence-corrected chi connectivity index (χ4v) is 2.02. The maximum absolute atomic E-state index is 11.9. The summed E-state index contributed by atoms with van der Waals surface area (Å²) in [5.41, 5.74) is 0.408. The molecule has 0 bridgehead atoms. The van der Waals surface area contributed by atoms with Gasteiger partial charge in [-0.05, 0) is 24.6 Å². The maximum Gasteiger partial charge on any atom is 0.329 e. The molecule has 0 spiro atoms. The predicted octanol–water partition coefficient (Wildman–Crippen LogP) is 0.467. The van der Waals surface area contributed by atoms with Crippen LogP contribution >= 0.6 is 0 Å². The Bertz CT molecular complexity index is 486. The van der Waals surface area contributed by atoms with Crippen LogP contribution in [0, 0.1) is 0 Å². The van der Waals surface area contributed by atoms with Gasteiger partial charge in [-0.2, -0.15) is 0 Å². The Morgan fingerprint density at radius 2 is 2.10 bits per heavy atom. The van der Waals surface area contributed by atoms with Crippen molar-refractivity contribution >= 4 is 12.0 Å². The predicted molar refractivity (Wildman–Crippen MR) is 70.0 cm³/mol. The van der Waals surface area contributed by atoms with Crippen molar-refractivity contribution in [3.63, 3.8) is 0 Å². The van der Waals surface area contributed by atoms with Crippen molar-refractivity contribution in [2.75, 3.05) is 19.7 Å². The number of rotatable bonds is 5. The fourth-order valence-electron chi connectivity index (χ4n) is 2.02. The zero-order valence-electron chi connectivity index (χ0n) is 11.2. The van der Waals surface area contributed by atoms with Gasteiger partial charge in [-0.1, -0.05) is 0 Å². The third-order valence-corrected chi connectivity index (χ3v) is 3.08. The standard InChI is InChI=1S/C13H17N3O4/c1-13(20-7-11(17)18)8-16(9-13)12(19)15-6-10-2-4-14-5-3-10/h2-5H,6-9H2,1H3,(H,15,19)(H,17,18). The summed E-state index contributed by atoms with van der Waals surface area (Å²) in [5, 5.41) is 11.3. The Morgan fingerprint density at radius 3 is 2.70 bits per heavy atom. The number of pyridine rings is 1. The lowest BCUT2D eigenvalue weighted by atomic mass is 9.97. The van der Waals surface area contributed by atoms with Crippen molar-refractivity contribution in [3.05, 3.63) is 30.1 Å². The molecule has 2 amide bonds. The van der Waals surface area contributed by atoms with E-state index in [1.807, 2.05) is 12.1 Å². The lowest BCUT2D eigenvalue weighted by Gasteiger charge is -2.46. The number of carboxylic acids is 1. The number of carbonyl (C=O) groups is 2. The Balaban J connectivity index is 1.72. The molecule has 1 saturated heterocycles. The number of aromatic nitrogens is 1. The minimum Gasteiger partial charge on any atom is -0.480 e. The van der Waals surface area contributed by atoms with E-state index in [2.05, 4.69) is 10.3 Å². The molecular weight excluding hydrogens is 262 g/mol. The third kappa shape index (κ3) is 3.67. The molecule has 0 radical (unpaired) electrons. The first-order valence-electron chi connectivity index (χ1n) is 6.26. The van der Waals surface area contributed by atoms with E-state index in [4.69, 9.17) is 9.84 Å². The van der Waals surface area contributed by atoms with Gasteiger partial charge in [0, 0.05) is 18.9 Å². The first kappa shape index (κ1) is 14.3. The van der Waals surface area contributed by atoms with Crippen LogP contribution in [0.1, 0.15) is 12.5 Å². The molecule has 2 N–H and O–H groups in total. The Hall–Kier alpha value is -2.15. The van der Waals surface area contributed by atoms with E-state index in [-0.39, 0.29) is 12.6 Å². The number of urea groups is 1. The summed E-state index contributed by atoms with van der Waals surface area (Å²) < 4.78 is 5.24. The van der Waals surface area contributed by atoms with Crippen molar-refractivity contribution in [3.8, 4) is 0 Å². The van der Waals surface area contributed by atoms with Gasteiger partial charge in [0.25, 0.3) is 0 Å². The molecule has 7 nitrogen and oxygen atoms in total. The molecule has 2 rings (SSSR count). The van der Waals surface area contributed by atoms with Crippen molar-refractivity contribution in [2.24, 2.45) is 0 Å². The number of nitrogens with one attached hydrogen (secondary N) is 1. The molecule has 1 aromatic heterocycles. The summed E-state index contributed by atoms with van der Waals surface area (Å²) in [6.07, 6.45) is 3.34. The Kier molecular flexibility index (Phi) is 4.19. The summed E-state index contributed by atoms with van der Waals surface area (Å²) >= 11 is 0. The summed E-state index contributed by atoms with van der Waals surface area (Å²) in [4.78, 5) is 27.8. The second-order valence-electron chi connectivity index (χ2n) is 5.00. The molecule has 7 heteroatoms. The SMILES string of the molecule is CC1(OCC(=O)O)CN(C(=O)NCc2ccncc2)C1. The molecule has 20 heavy (non-hydrogen) atoms. The van der Waals surface area contributed by atoms with Crippen molar-refractivity contribution < 1.29 is 19.4 Å². The minimum atomic E-state index is -1.01. The average molecular weight is 279 g/mol. The summed E-state index contributed by atoms with van der Waals surface area (Å²) in [7, 11) is 0. The number of amides is 2. The number of hydrogen-bond donors (Lipinski definition) is 2. The molecular formula is C13H17N3O4. The topological polar surface area (TPSA) is 91.8 Å². The van der Waals surface area contributed by atoms with Crippen molar-refractivity contribution in [1.82, 2.24) is 15.2 Å². The number of nitrogens with zero attached hydrogens (tertiary/aromatic N) is 2. The number of hydrogen-bond acceptors (Lipinski definition) is 4. The molecule has 1 aliphatic heterocycles. The van der Waals surface area contributed by atoms with Crippen LogP contribution < -0.4 is 5.32 Å². The lowest BCUT2D eigenvalue weighted by Crippen LogP contribution is -2.65. The number of likely N-dealkylation sites (tertiary alicyclic amines) is 1. The van der Waals surface area contributed by atoms with E-state index >= 15 is 0 Å². The molecule has 1 fully saturated rings. The quantitative estimate of drug-likeness (QED) is 0.817. The molecule has 0 unspecified atom stereocenters. The molecule has 108 valence electrons. The number of carboxylic acid groups (broad SMARTS) is 1. The van der Waals surface area contributed by atoms with Gasteiger partial charge >= 0.3 is 12.0 Å². The second-order valence-corrected chi connectivity index (χ2v) is 5.00. The molecule has 0 saturated carbocycles. The van der Waals surface area contributed by atoms with E-state index in [0.717, 1.165) is 5.56 Å². The van der Waals surface area contributed by atoms with Crippen LogP contribution in [0.25, 0.3) is 0 Å². The van der Waals surface area contributed by atoms with Gasteiger partial charge in [0.2, 0.25) is 0 Å². The number of ether oxygens (including phenoxy) is 1. The molecule has 1 aromatic rings. The highest BCUT2D eigenvalue weighted by Crippen LogP contribution is 2.24. The second kappa shape index (κ2) is 5.87. The monoisotopic (exact) mass is 279 g/mol. The molecule has 0 aromatic carbocycles. The molecule has 1 aliphatic rings. The highest BCUT2D eigenvalue weighted by molar-refractivity contribution is 5.75. The van der Waals surface area contributed by atoms with Crippen LogP contribution in [-0.2, 0) is 16.1 Å². The normalized spacial score (nSPS) is 16.4. The average Bonchev–Trinajstić information content (AvgIpc) is 2.40. The zero-order valence-corrected chi connectivity index (χ0v) is 11.2. The van der Waals surface area contributed by atoms with Crippen molar-refractivity contribution in [2.45, 2.75) is 19.1 Å². The van der Waals surface area contributed by atoms with Gasteiger partial charge < -0.3 is 20.1 Å². The van der Waals surface area contributed by atoms with Crippen molar-refractivity contribution in [1.29, 1.82) is 0 Å². The van der Waals surface area contributed by atoms with Gasteiger partial charge in [0.15, 0.2) is 0 Å². The van der Waals surface area contributed by atoms with E-state index in [1.54, 1.807) is 24.2 Å². The van der Waals surface area contributed by atoms with Gasteiger partial charge in [0.1, 0.15) is 12.2 Å². The zero-order chi connectivity index (χ0) is 14.6. The van der Waals surface area contributed by atoms with Crippen LogP contribution in [0.3, 0.4) is 0 Å². The highest BCUT2D eigenvalue weighted by atomic mass is 16.5. The number of aliphatic carboxylic acids is 1. The molecule has 0 aliphatic carbocycles. The molecule has 2 heterocycles. The first-order chi connectivity index (χ1) is 9.48. The maximum atomic E-state index is 11.9. The van der Waals surface area contributed by atoms with Crippen LogP contribution in [0.2, 0.25) is 0 Å². The van der Waals surface area contributed by atoms with E-state index in [9.17, 15) is 9.59 Å². The fraction of sp³-hybridized carbons (Fsp3) is 0.462. The molecule has 0 atom stereocenters. The van der Waals surface area contributed by atoms with Crippen LogP contribution in [-0.4, -0.2) is 52.3 Å². The summed E-state index contributed by atoms with van der Waals surface area (Å²) in [6, 6.07) is 3.48. The smallest absolute Gasteiger partial charge is 0.329 e. The Morgan fingerprint density at radius 1 is 1.45 bits per heavy atom. The summed E-state index contributed by atoms with van der Waals surface area (Å²) in [5.74, 6) is -1.01. The highest BCUT2D eigenvalue weighted by Gasteiger charge is 2.42. The van der Waals surface area contributed by atoms with Gasteiger partial charge in [-0.25, -0.2) is 9.59 Å². The van der Waals surface area contributed by atoms with E-state index in [0.29, 0.717) is 19.6 Å². The number of carbonyl (C=O) groups excluding carboxylic acids is 1. The van der Waals surface area contributed by atoms with Crippen LogP contribution in [0.15, 0.2) is 24.5 Å². The minimum absolute atomic E-state index is 0.182. The van der Waals surface area contributed by atoms with Crippen LogP contribution in [0.5, 0.6) is 0 Å². The van der Waals surface area contributed by atoms with Gasteiger partial charge in [-0.15, -0.1) is 0 Å². The van der Waals surface area contributed by atoms with Crippen LogP contribution in [0.4, 0.5) is 4.79 Å². The van der Waals surface area contributed by atoms with Gasteiger partial charge in [-0.3, -0.25) is 4.98 Å². The summed E-state index contributed by atoms with van der Waals surface area (Å²) in [6.45, 7) is 2.67. The van der Waals surface area contributed by atoms with Gasteiger partial charge in [0.05, 0.1) is 13.1 Å². The lowest BCUT2D eigenvalue weighted by molar-refractivity contribution is -0.159. The van der Waals surface area contributed by atoms with E-state index in [1.165, 1.54) is 0 Å². The largest absolute Gasteiger partial charge is 0.480 e.